The molecule has 0 aromatic carbocycles. The second-order valence-corrected chi connectivity index (χ2v) is 5.99. The van der Waals surface area contributed by atoms with E-state index in [9.17, 15) is 39.9 Å². The lowest BCUT2D eigenvalue weighted by molar-refractivity contribution is -0.702. The molecule has 0 bridgehead atoms. The van der Waals surface area contributed by atoms with Gasteiger partial charge >= 0.3 is 30.1 Å². The summed E-state index contributed by atoms with van der Waals surface area (Å²) >= 11 is 5.67. The topological polar surface area (TPSA) is 68.0 Å². The number of hydrogen-bond donors (Lipinski definition) is 1. The Kier molecular flexibility index (Phi) is 6.69. The highest BCUT2D eigenvalue weighted by Gasteiger charge is 2.75. The molecule has 30 heavy (non-hydrogen) atoms. The van der Waals surface area contributed by atoms with Crippen molar-refractivity contribution in [3.8, 4) is 5.88 Å². The monoisotopic (exact) mass is 465 g/mol. The maximum Gasteiger partial charge on any atom is 0.381 e. The minimum atomic E-state index is -6.43. The van der Waals surface area contributed by atoms with Crippen LogP contribution in [0.25, 0.3) is 0 Å². The summed E-state index contributed by atoms with van der Waals surface area (Å²) in [5.41, 5.74) is 2.03. The van der Waals surface area contributed by atoms with Crippen LogP contribution in [0.4, 0.5) is 35.1 Å². The lowest BCUT2D eigenvalue weighted by atomic mass is 10.1. The van der Waals surface area contributed by atoms with Gasteiger partial charge in [-0.2, -0.15) is 26.3 Å². The third-order valence-electron chi connectivity index (χ3n) is 3.44. The van der Waals surface area contributed by atoms with Gasteiger partial charge < -0.3 is 4.74 Å². The number of rotatable bonds is 8. The van der Waals surface area contributed by atoms with Crippen LogP contribution in [-0.2, 0) is 0 Å². The number of carbonyl (C=O) groups is 1. The Labute approximate surface area is 167 Å². The first-order chi connectivity index (χ1) is 13.8. The Balaban J connectivity index is 2.11. The number of pyridine rings is 1. The predicted octanol–water partition coefficient (Wildman–Crippen LogP) is 3.35. The highest BCUT2D eigenvalue weighted by atomic mass is 35.5. The first-order valence-corrected chi connectivity index (χ1v) is 8.01. The number of hydrogen-bond acceptors (Lipinski definition) is 4. The molecule has 0 aliphatic carbocycles. The van der Waals surface area contributed by atoms with E-state index in [1.165, 1.54) is 18.5 Å². The van der Waals surface area contributed by atoms with E-state index < -0.39 is 47.6 Å². The quantitative estimate of drug-likeness (QED) is 0.480. The summed E-state index contributed by atoms with van der Waals surface area (Å²) in [4.78, 5) is 16.4. The average Bonchev–Trinajstić information content (AvgIpc) is 2.67. The Morgan fingerprint density at radius 3 is 2.40 bits per heavy atom. The van der Waals surface area contributed by atoms with E-state index in [0.717, 1.165) is 17.1 Å². The molecule has 2 aromatic heterocycles. The standard InChI is InChI=1S/C15H9ClF8N4O2/c16-9-5-8(10(29)27-28-4-2-1-3-26-28)6-25-11(9)30-7-13(19,20)15(23,24)14(21,22)12(17)18/h1-6,12H,7H2/p+1. The fourth-order valence-electron chi connectivity index (χ4n) is 1.85. The van der Waals surface area contributed by atoms with Crippen LogP contribution in [0.5, 0.6) is 5.88 Å². The SMILES string of the molecule is O=C(N[n+]1ccccn1)c1cnc(OCC(F)(F)C(F)(F)C(F)(F)C(F)F)c(Cl)c1. The second-order valence-electron chi connectivity index (χ2n) is 5.59. The number of nitrogens with one attached hydrogen (secondary N) is 1. The van der Waals surface area contributed by atoms with E-state index in [-0.39, 0.29) is 5.56 Å². The van der Waals surface area contributed by atoms with Crippen LogP contribution in [0.1, 0.15) is 10.4 Å². The van der Waals surface area contributed by atoms with E-state index in [1.807, 2.05) is 0 Å². The van der Waals surface area contributed by atoms with Crippen molar-refractivity contribution in [1.29, 1.82) is 0 Å². The van der Waals surface area contributed by atoms with Gasteiger partial charge in [0.05, 0.1) is 11.8 Å². The number of halogens is 9. The van der Waals surface area contributed by atoms with Gasteiger partial charge in [-0.3, -0.25) is 4.79 Å². The maximum absolute atomic E-state index is 13.5. The zero-order valence-electron chi connectivity index (χ0n) is 14.3. The fraction of sp³-hybridized carbons (Fsp3) is 0.333. The van der Waals surface area contributed by atoms with Crippen LogP contribution in [0, 0.1) is 0 Å². The predicted molar refractivity (Wildman–Crippen MR) is 83.7 cm³/mol. The van der Waals surface area contributed by atoms with Crippen molar-refractivity contribution in [2.24, 2.45) is 0 Å². The van der Waals surface area contributed by atoms with Crippen LogP contribution in [0.2, 0.25) is 5.02 Å². The zero-order valence-corrected chi connectivity index (χ0v) is 15.1. The highest BCUT2D eigenvalue weighted by Crippen LogP contribution is 2.48. The van der Waals surface area contributed by atoms with Gasteiger partial charge in [-0.25, -0.2) is 13.8 Å². The number of carbonyl (C=O) groups excluding carboxylic acids is 1. The lowest BCUT2D eigenvalue weighted by Crippen LogP contribution is -2.59. The number of ether oxygens (including phenoxy) is 1. The Hall–Kier alpha value is -2.77. The van der Waals surface area contributed by atoms with Gasteiger partial charge in [-0.1, -0.05) is 17.0 Å². The van der Waals surface area contributed by atoms with Gasteiger partial charge in [0.2, 0.25) is 12.1 Å². The summed E-state index contributed by atoms with van der Waals surface area (Å²) in [7, 11) is 0. The summed E-state index contributed by atoms with van der Waals surface area (Å²) in [6.45, 7) is -2.44. The zero-order chi connectivity index (χ0) is 22.7. The van der Waals surface area contributed by atoms with Crippen LogP contribution in [-0.4, -0.2) is 46.8 Å². The molecule has 0 aliphatic heterocycles. The van der Waals surface area contributed by atoms with Crippen molar-refractivity contribution in [3.05, 3.63) is 47.4 Å². The molecular formula is C15H10ClF8N4O2+. The van der Waals surface area contributed by atoms with Gasteiger partial charge in [0, 0.05) is 22.2 Å². The molecule has 0 saturated carbocycles. The summed E-state index contributed by atoms with van der Waals surface area (Å²) in [5.74, 6) is -20.2. The molecule has 0 saturated heterocycles. The number of amides is 1. The fourth-order valence-corrected chi connectivity index (χ4v) is 2.07. The van der Waals surface area contributed by atoms with Crippen LogP contribution in [0.3, 0.4) is 0 Å². The van der Waals surface area contributed by atoms with Crippen LogP contribution < -0.4 is 15.0 Å². The largest absolute Gasteiger partial charge is 0.470 e. The molecule has 1 N–H and O–H groups in total. The lowest BCUT2D eigenvalue weighted by Gasteiger charge is -2.31. The molecule has 0 atom stereocenters. The molecule has 164 valence electrons. The molecule has 0 radical (unpaired) electrons. The first-order valence-electron chi connectivity index (χ1n) is 7.64. The molecule has 6 nitrogen and oxygen atoms in total. The van der Waals surface area contributed by atoms with Crippen molar-refractivity contribution in [2.75, 3.05) is 12.0 Å². The van der Waals surface area contributed by atoms with Crippen molar-refractivity contribution in [2.45, 2.75) is 24.2 Å². The van der Waals surface area contributed by atoms with Gasteiger partial charge in [0.25, 0.3) is 0 Å². The third-order valence-corrected chi connectivity index (χ3v) is 3.71. The molecule has 15 heteroatoms. The van der Waals surface area contributed by atoms with E-state index in [2.05, 4.69) is 20.2 Å². The van der Waals surface area contributed by atoms with E-state index in [4.69, 9.17) is 11.6 Å². The minimum absolute atomic E-state index is 0.230. The molecule has 2 heterocycles. The smallest absolute Gasteiger partial charge is 0.381 e. The van der Waals surface area contributed by atoms with Crippen molar-refractivity contribution in [3.63, 3.8) is 0 Å². The summed E-state index contributed by atoms with van der Waals surface area (Å²) in [6, 6.07) is 3.94. The summed E-state index contributed by atoms with van der Waals surface area (Å²) < 4.78 is 107. The van der Waals surface area contributed by atoms with Gasteiger partial charge in [0.1, 0.15) is 5.02 Å². The summed E-state index contributed by atoms with van der Waals surface area (Å²) in [6.07, 6.45) is -1.59. The molecule has 0 aliphatic rings. The molecule has 0 spiro atoms. The van der Waals surface area contributed by atoms with E-state index in [0.29, 0.717) is 0 Å². The first kappa shape index (κ1) is 23.5. The van der Waals surface area contributed by atoms with Crippen molar-refractivity contribution < 1.29 is 49.4 Å². The van der Waals surface area contributed by atoms with Crippen molar-refractivity contribution >= 4 is 17.5 Å². The molecule has 2 aromatic rings. The Morgan fingerprint density at radius 2 is 1.87 bits per heavy atom. The number of aromatic nitrogens is 3. The second kappa shape index (κ2) is 8.53. The normalized spacial score (nSPS) is 12.7. The van der Waals surface area contributed by atoms with E-state index in [1.54, 1.807) is 6.07 Å². The van der Waals surface area contributed by atoms with Gasteiger partial charge in [0.15, 0.2) is 6.61 Å². The minimum Gasteiger partial charge on any atom is -0.470 e. The van der Waals surface area contributed by atoms with Gasteiger partial charge in [-0.05, 0) is 12.1 Å². The Bertz CT molecular complexity index is 901. The number of nitrogens with zero attached hydrogens (tertiary/aromatic N) is 3. The molecule has 0 unspecified atom stereocenters. The maximum atomic E-state index is 13.5. The van der Waals surface area contributed by atoms with Crippen LogP contribution >= 0.6 is 11.6 Å². The molecule has 1 amide bonds. The summed E-state index contributed by atoms with van der Waals surface area (Å²) in [5, 5.41) is 3.12. The van der Waals surface area contributed by atoms with Gasteiger partial charge in [-0.15, -0.1) is 0 Å². The molecule has 0 fully saturated rings. The average molecular weight is 466 g/mol. The highest BCUT2D eigenvalue weighted by molar-refractivity contribution is 6.32. The molecule has 2 rings (SSSR count). The number of alkyl halides is 8. The Morgan fingerprint density at radius 1 is 1.20 bits per heavy atom. The third kappa shape index (κ3) is 4.68. The molecular weight excluding hydrogens is 456 g/mol. The van der Waals surface area contributed by atoms with Crippen molar-refractivity contribution in [1.82, 2.24) is 10.1 Å². The van der Waals surface area contributed by atoms with Crippen LogP contribution in [0.15, 0.2) is 36.8 Å². The van der Waals surface area contributed by atoms with E-state index >= 15 is 0 Å².